The number of allylic oxidation sites excluding steroid dienone is 2. The molecule has 0 radical (unpaired) electrons. The van der Waals surface area contributed by atoms with Crippen molar-refractivity contribution < 1.29 is 14.3 Å². The van der Waals surface area contributed by atoms with E-state index in [1.165, 1.54) is 0 Å². The second kappa shape index (κ2) is 7.41. The van der Waals surface area contributed by atoms with E-state index in [0.717, 1.165) is 17.3 Å². The van der Waals surface area contributed by atoms with Crippen molar-refractivity contribution in [2.24, 2.45) is 5.92 Å². The summed E-state index contributed by atoms with van der Waals surface area (Å²) in [7, 11) is 0. The number of halogens is 1. The molecule has 4 nitrogen and oxygen atoms in total. The van der Waals surface area contributed by atoms with Gasteiger partial charge in [0.2, 0.25) is 0 Å². The highest BCUT2D eigenvalue weighted by atomic mass is 79.9. The minimum Gasteiger partial charge on any atom is -0.452 e. The van der Waals surface area contributed by atoms with Crippen LogP contribution in [0.25, 0.3) is 0 Å². The van der Waals surface area contributed by atoms with Gasteiger partial charge in [-0.1, -0.05) is 28.1 Å². The van der Waals surface area contributed by atoms with Crippen LogP contribution in [0.3, 0.4) is 0 Å². The third kappa shape index (κ3) is 4.70. The molecular weight excluding hydrogens is 334 g/mol. The smallest absolute Gasteiger partial charge is 0.310 e. The molecule has 0 spiro atoms. The van der Waals surface area contributed by atoms with Gasteiger partial charge in [0.1, 0.15) is 0 Å². The number of benzene rings is 1. The van der Waals surface area contributed by atoms with Crippen molar-refractivity contribution >= 4 is 33.5 Å². The highest BCUT2D eigenvalue weighted by molar-refractivity contribution is 9.10. The summed E-state index contributed by atoms with van der Waals surface area (Å²) in [4.78, 5) is 24.0. The number of nitrogens with one attached hydrogen (secondary N) is 1. The second-order valence-electron chi connectivity index (χ2n) is 5.06. The first kappa shape index (κ1) is 15.8. The third-order valence-corrected chi connectivity index (χ3v) is 3.90. The van der Waals surface area contributed by atoms with Crippen molar-refractivity contribution in [1.29, 1.82) is 0 Å². The van der Waals surface area contributed by atoms with E-state index in [0.29, 0.717) is 12.1 Å². The molecular formula is C16H18BrNO3. The van der Waals surface area contributed by atoms with Gasteiger partial charge < -0.3 is 10.1 Å². The van der Waals surface area contributed by atoms with Crippen LogP contribution in [0.15, 0.2) is 40.9 Å². The highest BCUT2D eigenvalue weighted by Crippen LogP contribution is 2.20. The number of carbonyl (C=O) groups excluding carboxylic acids is 2. The molecule has 1 N–H and O–H groups in total. The van der Waals surface area contributed by atoms with Crippen LogP contribution in [0, 0.1) is 5.92 Å². The number of ether oxygens (including phenoxy) is 1. The lowest BCUT2D eigenvalue weighted by Gasteiger charge is -2.19. The van der Waals surface area contributed by atoms with E-state index in [1.807, 2.05) is 18.2 Å². The van der Waals surface area contributed by atoms with E-state index in [2.05, 4.69) is 27.3 Å². The largest absolute Gasteiger partial charge is 0.452 e. The predicted octanol–water partition coefficient (Wildman–Crippen LogP) is 3.68. The van der Waals surface area contributed by atoms with Crippen molar-refractivity contribution in [3.63, 3.8) is 0 Å². The van der Waals surface area contributed by atoms with Crippen LogP contribution in [-0.4, -0.2) is 18.0 Å². The minimum absolute atomic E-state index is 0.127. The van der Waals surface area contributed by atoms with Gasteiger partial charge in [0, 0.05) is 10.2 Å². The van der Waals surface area contributed by atoms with Crippen LogP contribution in [0.2, 0.25) is 0 Å². The molecule has 2 atom stereocenters. The molecule has 0 aliphatic heterocycles. The zero-order chi connectivity index (χ0) is 15.2. The molecule has 21 heavy (non-hydrogen) atoms. The monoisotopic (exact) mass is 351 g/mol. The molecule has 0 saturated heterocycles. The molecule has 1 aliphatic carbocycles. The Morgan fingerprint density at radius 2 is 2.00 bits per heavy atom. The SMILES string of the molecule is C[C@H](OC(=O)[C@H]1CC=CCC1)C(=O)Nc1ccc(Br)cc1. The maximum atomic E-state index is 12.0. The van der Waals surface area contributed by atoms with E-state index >= 15 is 0 Å². The summed E-state index contributed by atoms with van der Waals surface area (Å²) < 4.78 is 6.19. The van der Waals surface area contributed by atoms with Crippen LogP contribution in [0.5, 0.6) is 0 Å². The van der Waals surface area contributed by atoms with Crippen LogP contribution < -0.4 is 5.32 Å². The summed E-state index contributed by atoms with van der Waals surface area (Å²) in [5.74, 6) is -0.743. The molecule has 2 rings (SSSR count). The van der Waals surface area contributed by atoms with Gasteiger partial charge in [-0.3, -0.25) is 9.59 Å². The molecule has 1 aromatic carbocycles. The van der Waals surface area contributed by atoms with Crippen LogP contribution in [0.4, 0.5) is 5.69 Å². The van der Waals surface area contributed by atoms with Gasteiger partial charge >= 0.3 is 5.97 Å². The van der Waals surface area contributed by atoms with Gasteiger partial charge in [0.25, 0.3) is 5.91 Å². The topological polar surface area (TPSA) is 55.4 Å². The first-order valence-corrected chi connectivity index (χ1v) is 7.77. The second-order valence-corrected chi connectivity index (χ2v) is 5.97. The normalized spacial score (nSPS) is 18.9. The average Bonchev–Trinajstić information content (AvgIpc) is 2.50. The lowest BCUT2D eigenvalue weighted by atomic mass is 9.95. The minimum atomic E-state index is -0.799. The van der Waals surface area contributed by atoms with Crippen molar-refractivity contribution in [3.05, 3.63) is 40.9 Å². The zero-order valence-electron chi connectivity index (χ0n) is 11.8. The van der Waals surface area contributed by atoms with Gasteiger partial charge in [0.15, 0.2) is 6.10 Å². The van der Waals surface area contributed by atoms with E-state index in [4.69, 9.17) is 4.74 Å². The number of hydrogen-bond acceptors (Lipinski definition) is 3. The molecule has 1 amide bonds. The Hall–Kier alpha value is -1.62. The third-order valence-electron chi connectivity index (χ3n) is 3.38. The molecule has 112 valence electrons. The molecule has 1 aromatic rings. The van der Waals surface area contributed by atoms with Crippen LogP contribution >= 0.6 is 15.9 Å². The molecule has 0 heterocycles. The van der Waals surface area contributed by atoms with Gasteiger partial charge in [-0.15, -0.1) is 0 Å². The van der Waals surface area contributed by atoms with E-state index in [9.17, 15) is 9.59 Å². The Morgan fingerprint density at radius 3 is 2.62 bits per heavy atom. The summed E-state index contributed by atoms with van der Waals surface area (Å²) in [5, 5.41) is 2.73. The molecule has 0 saturated carbocycles. The van der Waals surface area contributed by atoms with Gasteiger partial charge in [-0.2, -0.15) is 0 Å². The van der Waals surface area contributed by atoms with E-state index in [1.54, 1.807) is 19.1 Å². The average molecular weight is 352 g/mol. The molecule has 0 aromatic heterocycles. The number of hydrogen-bond donors (Lipinski definition) is 1. The number of carbonyl (C=O) groups is 2. The lowest BCUT2D eigenvalue weighted by molar-refractivity contribution is -0.157. The fraction of sp³-hybridized carbons (Fsp3) is 0.375. The van der Waals surface area contributed by atoms with Crippen molar-refractivity contribution in [1.82, 2.24) is 0 Å². The van der Waals surface area contributed by atoms with E-state index < -0.39 is 6.10 Å². The van der Waals surface area contributed by atoms with Crippen LogP contribution in [0.1, 0.15) is 26.2 Å². The number of anilines is 1. The maximum absolute atomic E-state index is 12.0. The fourth-order valence-electron chi connectivity index (χ4n) is 2.11. The van der Waals surface area contributed by atoms with Gasteiger partial charge in [-0.25, -0.2) is 0 Å². The summed E-state index contributed by atoms with van der Waals surface area (Å²) in [5.41, 5.74) is 0.673. The quantitative estimate of drug-likeness (QED) is 0.664. The van der Waals surface area contributed by atoms with Crippen molar-refractivity contribution in [2.75, 3.05) is 5.32 Å². The predicted molar refractivity (Wildman–Crippen MR) is 84.8 cm³/mol. The standard InChI is InChI=1S/C16H18BrNO3/c1-11(21-16(20)12-5-3-2-4-6-12)15(19)18-14-9-7-13(17)8-10-14/h2-3,7-12H,4-6H2,1H3,(H,18,19)/t11-,12-/m0/s1. The summed E-state index contributed by atoms with van der Waals surface area (Å²) in [6, 6.07) is 7.23. The van der Waals surface area contributed by atoms with Gasteiger partial charge in [0.05, 0.1) is 5.92 Å². The molecule has 0 unspecified atom stereocenters. The maximum Gasteiger partial charge on any atom is 0.310 e. The molecule has 1 aliphatic rings. The fourth-order valence-corrected chi connectivity index (χ4v) is 2.37. The first-order chi connectivity index (χ1) is 10.1. The number of amides is 1. The Kier molecular flexibility index (Phi) is 5.56. The first-order valence-electron chi connectivity index (χ1n) is 6.98. The summed E-state index contributed by atoms with van der Waals surface area (Å²) >= 11 is 3.33. The number of rotatable bonds is 4. The Balaban J connectivity index is 1.85. The molecule has 0 fully saturated rings. The van der Waals surface area contributed by atoms with Crippen LogP contribution in [-0.2, 0) is 14.3 Å². The summed E-state index contributed by atoms with van der Waals surface area (Å²) in [6.07, 6.45) is 5.62. The Morgan fingerprint density at radius 1 is 1.29 bits per heavy atom. The Bertz CT molecular complexity index is 539. The zero-order valence-corrected chi connectivity index (χ0v) is 13.4. The highest BCUT2D eigenvalue weighted by Gasteiger charge is 2.24. The van der Waals surface area contributed by atoms with Crippen molar-refractivity contribution in [3.8, 4) is 0 Å². The number of esters is 1. The van der Waals surface area contributed by atoms with Gasteiger partial charge in [-0.05, 0) is 50.5 Å². The van der Waals surface area contributed by atoms with E-state index in [-0.39, 0.29) is 17.8 Å². The summed E-state index contributed by atoms with van der Waals surface area (Å²) in [6.45, 7) is 1.59. The Labute approximate surface area is 132 Å². The molecule has 5 heteroatoms. The molecule has 0 bridgehead atoms. The lowest BCUT2D eigenvalue weighted by Crippen LogP contribution is -2.32. The van der Waals surface area contributed by atoms with Crippen molar-refractivity contribution in [2.45, 2.75) is 32.3 Å².